The van der Waals surface area contributed by atoms with Gasteiger partial charge in [0, 0.05) is 16.5 Å². The molecule has 0 aliphatic heterocycles. The molecule has 27 heavy (non-hydrogen) atoms. The van der Waals surface area contributed by atoms with Crippen molar-refractivity contribution in [1.29, 1.82) is 0 Å². The summed E-state index contributed by atoms with van der Waals surface area (Å²) in [6.45, 7) is 6.26. The number of nitrogens with one attached hydrogen (secondary N) is 1. The molecule has 2 aromatic carbocycles. The van der Waals surface area contributed by atoms with Crippen LogP contribution in [0.2, 0.25) is 0 Å². The van der Waals surface area contributed by atoms with Crippen LogP contribution in [0.25, 0.3) is 16.9 Å². The van der Waals surface area contributed by atoms with Gasteiger partial charge < -0.3 is 4.98 Å². The van der Waals surface area contributed by atoms with E-state index in [0.717, 1.165) is 30.4 Å². The van der Waals surface area contributed by atoms with Gasteiger partial charge in [-0.25, -0.2) is 9.36 Å². The first-order chi connectivity index (χ1) is 13.0. The lowest BCUT2D eigenvalue weighted by molar-refractivity contribution is 0.437. The third-order valence-electron chi connectivity index (χ3n) is 5.97. The number of hydrogen-bond acceptors (Lipinski definition) is 2. The lowest BCUT2D eigenvalue weighted by Crippen LogP contribution is -2.44. The number of benzene rings is 2. The van der Waals surface area contributed by atoms with Crippen LogP contribution >= 0.6 is 0 Å². The Balaban J connectivity index is 2.11. The highest BCUT2D eigenvalue weighted by molar-refractivity contribution is 5.71. The molecule has 0 bridgehead atoms. The first kappa shape index (κ1) is 17.5. The van der Waals surface area contributed by atoms with Gasteiger partial charge >= 0.3 is 5.69 Å². The number of para-hydroxylation sites is 1. The van der Waals surface area contributed by atoms with Crippen molar-refractivity contribution in [1.82, 2.24) is 9.55 Å². The molecule has 1 aromatic heterocycles. The Morgan fingerprint density at radius 3 is 2.48 bits per heavy atom. The highest BCUT2D eigenvalue weighted by Crippen LogP contribution is 2.41. The number of hydrogen-bond donors (Lipinski definition) is 1. The third-order valence-corrected chi connectivity index (χ3v) is 5.97. The second kappa shape index (κ2) is 6.38. The van der Waals surface area contributed by atoms with Gasteiger partial charge in [-0.05, 0) is 36.5 Å². The molecule has 0 saturated carbocycles. The molecule has 0 radical (unpaired) electrons. The first-order valence-corrected chi connectivity index (χ1v) is 9.56. The quantitative estimate of drug-likeness (QED) is 0.768. The van der Waals surface area contributed by atoms with Gasteiger partial charge in [0.15, 0.2) is 0 Å². The van der Waals surface area contributed by atoms with Gasteiger partial charge in [0.05, 0.1) is 11.4 Å². The van der Waals surface area contributed by atoms with Crippen LogP contribution in [0, 0.1) is 0 Å². The smallest absolute Gasteiger partial charge is 0.306 e. The molecular formula is C23H24N2O2. The molecule has 4 rings (SSSR count). The maximum atomic E-state index is 13.6. The van der Waals surface area contributed by atoms with Gasteiger partial charge in [-0.1, -0.05) is 63.2 Å². The Kier molecular flexibility index (Phi) is 4.14. The second-order valence-corrected chi connectivity index (χ2v) is 7.55. The van der Waals surface area contributed by atoms with Crippen LogP contribution in [0.5, 0.6) is 0 Å². The number of fused-ring (bicyclic) bond motifs is 3. The summed E-state index contributed by atoms with van der Waals surface area (Å²) in [7, 11) is 0. The molecule has 138 valence electrons. The van der Waals surface area contributed by atoms with Crippen LogP contribution < -0.4 is 11.2 Å². The maximum Gasteiger partial charge on any atom is 0.333 e. The standard InChI is InChI=1S/C23H24N2O2/c1-4-15-10-7-9-13-18(15)25-21(26)19-20(24-22(25)27)17-12-8-6-11-16(17)14-23(19,3)5-2/h6-13H,4-5,14H2,1-3H3,(H,24,27)/t23-/m0/s1. The fourth-order valence-corrected chi connectivity index (χ4v) is 4.27. The predicted octanol–water partition coefficient (Wildman–Crippen LogP) is 3.98. The van der Waals surface area contributed by atoms with E-state index >= 15 is 0 Å². The minimum atomic E-state index is -0.380. The van der Waals surface area contributed by atoms with Gasteiger partial charge in [0.1, 0.15) is 0 Å². The van der Waals surface area contributed by atoms with E-state index in [2.05, 4.69) is 24.9 Å². The van der Waals surface area contributed by atoms with E-state index in [0.29, 0.717) is 16.9 Å². The summed E-state index contributed by atoms with van der Waals surface area (Å²) in [5, 5.41) is 0. The molecule has 0 unspecified atom stereocenters. The summed E-state index contributed by atoms with van der Waals surface area (Å²) in [6.07, 6.45) is 2.38. The van der Waals surface area contributed by atoms with Gasteiger partial charge in [-0.3, -0.25) is 4.79 Å². The van der Waals surface area contributed by atoms with Crippen LogP contribution in [-0.4, -0.2) is 9.55 Å². The van der Waals surface area contributed by atoms with E-state index in [-0.39, 0.29) is 16.7 Å². The van der Waals surface area contributed by atoms with Gasteiger partial charge in [0.2, 0.25) is 0 Å². The van der Waals surface area contributed by atoms with Crippen LogP contribution in [0.3, 0.4) is 0 Å². The fraction of sp³-hybridized carbons (Fsp3) is 0.304. The van der Waals surface area contributed by atoms with Crippen LogP contribution in [-0.2, 0) is 18.3 Å². The molecule has 1 aliphatic rings. The molecule has 3 aromatic rings. The van der Waals surface area contributed by atoms with Gasteiger partial charge in [0.25, 0.3) is 5.56 Å². The zero-order valence-electron chi connectivity index (χ0n) is 16.0. The van der Waals surface area contributed by atoms with Crippen molar-refractivity contribution < 1.29 is 0 Å². The van der Waals surface area contributed by atoms with Crippen LogP contribution in [0.4, 0.5) is 0 Å². The minimum Gasteiger partial charge on any atom is -0.306 e. The van der Waals surface area contributed by atoms with Crippen molar-refractivity contribution in [3.63, 3.8) is 0 Å². The highest BCUT2D eigenvalue weighted by atomic mass is 16.2. The van der Waals surface area contributed by atoms with E-state index in [1.54, 1.807) is 0 Å². The Labute approximate surface area is 158 Å². The van der Waals surface area contributed by atoms with E-state index in [1.165, 1.54) is 10.1 Å². The molecule has 0 amide bonds. The summed E-state index contributed by atoms with van der Waals surface area (Å²) in [4.78, 5) is 29.7. The molecule has 0 saturated heterocycles. The Bertz CT molecular complexity index is 1140. The van der Waals surface area contributed by atoms with Gasteiger partial charge in [-0.2, -0.15) is 0 Å². The van der Waals surface area contributed by atoms with Gasteiger partial charge in [-0.15, -0.1) is 0 Å². The minimum absolute atomic E-state index is 0.200. The van der Waals surface area contributed by atoms with Crippen molar-refractivity contribution in [2.75, 3.05) is 0 Å². The average Bonchev–Trinajstić information content (AvgIpc) is 2.68. The largest absolute Gasteiger partial charge is 0.333 e. The number of aromatic amines is 1. The van der Waals surface area contributed by atoms with Crippen molar-refractivity contribution in [2.45, 2.75) is 45.4 Å². The number of H-pyrrole nitrogens is 1. The summed E-state index contributed by atoms with van der Waals surface area (Å²) in [5.74, 6) is 0. The predicted molar refractivity (Wildman–Crippen MR) is 109 cm³/mol. The number of aromatic nitrogens is 2. The Morgan fingerprint density at radius 2 is 1.74 bits per heavy atom. The number of nitrogens with zero attached hydrogens (tertiary/aromatic N) is 1. The number of aryl methyl sites for hydroxylation is 1. The van der Waals surface area contributed by atoms with Crippen molar-refractivity contribution >= 4 is 0 Å². The first-order valence-electron chi connectivity index (χ1n) is 9.56. The van der Waals surface area contributed by atoms with E-state index in [1.807, 2.05) is 49.4 Å². The zero-order valence-corrected chi connectivity index (χ0v) is 16.0. The molecule has 0 fully saturated rings. The van der Waals surface area contributed by atoms with Crippen molar-refractivity contribution in [2.24, 2.45) is 0 Å². The topological polar surface area (TPSA) is 54.9 Å². The van der Waals surface area contributed by atoms with Crippen LogP contribution in [0.15, 0.2) is 58.1 Å². The molecular weight excluding hydrogens is 336 g/mol. The van der Waals surface area contributed by atoms with Crippen molar-refractivity contribution in [3.05, 3.63) is 86.1 Å². The molecule has 1 heterocycles. The SMILES string of the molecule is CCc1ccccc1-n1c(=O)[nH]c2c(c1=O)[C@@](C)(CC)Cc1ccccc1-2. The van der Waals surface area contributed by atoms with Crippen molar-refractivity contribution in [3.8, 4) is 16.9 Å². The summed E-state index contributed by atoms with van der Waals surface area (Å²) in [6, 6.07) is 15.7. The number of rotatable bonds is 3. The molecule has 1 N–H and O–H groups in total. The lowest BCUT2D eigenvalue weighted by atomic mass is 9.69. The second-order valence-electron chi connectivity index (χ2n) is 7.55. The maximum absolute atomic E-state index is 13.6. The lowest BCUT2D eigenvalue weighted by Gasteiger charge is -2.35. The Hall–Kier alpha value is -2.88. The fourth-order valence-electron chi connectivity index (χ4n) is 4.27. The normalized spacial score (nSPS) is 18.0. The molecule has 0 spiro atoms. The Morgan fingerprint density at radius 1 is 1.04 bits per heavy atom. The summed E-state index contributed by atoms with van der Waals surface area (Å²) < 4.78 is 1.32. The van der Waals surface area contributed by atoms with E-state index in [9.17, 15) is 9.59 Å². The summed E-state index contributed by atoms with van der Waals surface area (Å²) >= 11 is 0. The van der Waals surface area contributed by atoms with Crippen LogP contribution in [0.1, 0.15) is 43.9 Å². The zero-order chi connectivity index (χ0) is 19.2. The summed E-state index contributed by atoms with van der Waals surface area (Å²) in [5.41, 5.74) is 4.30. The molecule has 1 aliphatic carbocycles. The molecule has 4 heteroatoms. The monoisotopic (exact) mass is 360 g/mol. The van der Waals surface area contributed by atoms with E-state index in [4.69, 9.17) is 0 Å². The third kappa shape index (κ3) is 2.59. The highest BCUT2D eigenvalue weighted by Gasteiger charge is 2.37. The molecule has 4 nitrogen and oxygen atoms in total. The average molecular weight is 360 g/mol. The van der Waals surface area contributed by atoms with E-state index < -0.39 is 0 Å². The molecule has 1 atom stereocenters.